The maximum Gasteiger partial charge on any atom is 0.352 e. The molecular weight excluding hydrogens is 526 g/mol. The molecule has 5 nitrogen and oxygen atoms in total. The third-order valence-corrected chi connectivity index (χ3v) is 6.78. The molecule has 0 radical (unpaired) electrons. The molecule has 1 aliphatic rings. The zero-order chi connectivity index (χ0) is 23.9. The summed E-state index contributed by atoms with van der Waals surface area (Å²) in [4.78, 5) is 31.1. The zero-order valence-electron chi connectivity index (χ0n) is 17.1. The van der Waals surface area contributed by atoms with E-state index in [1.807, 2.05) is 0 Å². The molecule has 0 aliphatic carbocycles. The number of nitrogens with zero attached hydrogens (tertiary/aromatic N) is 2. The highest BCUT2D eigenvalue weighted by molar-refractivity contribution is 9.11. The van der Waals surface area contributed by atoms with Gasteiger partial charge >= 0.3 is 5.92 Å². The van der Waals surface area contributed by atoms with Crippen LogP contribution >= 0.6 is 27.3 Å². The van der Waals surface area contributed by atoms with Crippen LogP contribution < -0.4 is 5.32 Å². The van der Waals surface area contributed by atoms with Crippen LogP contribution in [0.15, 0.2) is 40.3 Å². The van der Waals surface area contributed by atoms with E-state index in [0.717, 1.165) is 28.8 Å². The minimum atomic E-state index is -4.19. The van der Waals surface area contributed by atoms with Crippen molar-refractivity contribution in [2.75, 3.05) is 11.9 Å². The topological polar surface area (TPSA) is 62.3 Å². The summed E-state index contributed by atoms with van der Waals surface area (Å²) in [6, 6.07) is 6.25. The van der Waals surface area contributed by atoms with Gasteiger partial charge in [0, 0.05) is 29.1 Å². The van der Waals surface area contributed by atoms with E-state index in [1.54, 1.807) is 0 Å². The first kappa shape index (κ1) is 23.4. The molecule has 1 N–H and O–H groups in total. The Hall–Kier alpha value is -2.79. The molecule has 0 saturated carbocycles. The minimum absolute atomic E-state index is 0.0172. The van der Waals surface area contributed by atoms with Crippen molar-refractivity contribution in [3.63, 3.8) is 0 Å². The molecule has 0 atom stereocenters. The van der Waals surface area contributed by atoms with E-state index in [4.69, 9.17) is 0 Å². The molecule has 2 heterocycles. The summed E-state index contributed by atoms with van der Waals surface area (Å²) in [5, 5.41) is 2.45. The number of alkyl halides is 2. The third-order valence-electron chi connectivity index (χ3n) is 5.24. The second kappa shape index (κ2) is 8.86. The van der Waals surface area contributed by atoms with Crippen molar-refractivity contribution in [3.8, 4) is 0 Å². The molecule has 0 bridgehead atoms. The van der Waals surface area contributed by atoms with Crippen molar-refractivity contribution in [1.82, 2.24) is 9.88 Å². The van der Waals surface area contributed by atoms with Crippen LogP contribution in [0.25, 0.3) is 0 Å². The van der Waals surface area contributed by atoms with Crippen molar-refractivity contribution in [2.24, 2.45) is 0 Å². The summed E-state index contributed by atoms with van der Waals surface area (Å²) in [6.07, 6.45) is 0.307. The van der Waals surface area contributed by atoms with Crippen LogP contribution in [0.5, 0.6) is 0 Å². The van der Waals surface area contributed by atoms with E-state index in [9.17, 15) is 18.4 Å². The van der Waals surface area contributed by atoms with Gasteiger partial charge in [0.2, 0.25) is 0 Å². The van der Waals surface area contributed by atoms with Crippen molar-refractivity contribution >= 4 is 44.8 Å². The minimum Gasteiger partial charge on any atom is -0.332 e. The third kappa shape index (κ3) is 4.65. The average Bonchev–Trinajstić information content (AvgIpc) is 3.15. The smallest absolute Gasteiger partial charge is 0.332 e. The summed E-state index contributed by atoms with van der Waals surface area (Å²) in [5.74, 6) is -8.32. The molecule has 11 heteroatoms. The predicted molar refractivity (Wildman–Crippen MR) is 118 cm³/mol. The zero-order valence-corrected chi connectivity index (χ0v) is 19.5. The number of rotatable bonds is 4. The number of halogens is 5. The van der Waals surface area contributed by atoms with Gasteiger partial charge in [-0.3, -0.25) is 9.59 Å². The summed E-state index contributed by atoms with van der Waals surface area (Å²) in [6.45, 7) is 1.46. The Balaban J connectivity index is 1.57. The summed E-state index contributed by atoms with van der Waals surface area (Å²) in [7, 11) is 0. The number of anilines is 1. The summed E-state index contributed by atoms with van der Waals surface area (Å²) in [5.41, 5.74) is -0.199. The van der Waals surface area contributed by atoms with Crippen LogP contribution in [0.1, 0.15) is 32.1 Å². The first-order chi connectivity index (χ1) is 15.6. The Morgan fingerprint density at radius 2 is 1.88 bits per heavy atom. The Morgan fingerprint density at radius 3 is 2.61 bits per heavy atom. The van der Waals surface area contributed by atoms with Crippen molar-refractivity contribution in [2.45, 2.75) is 25.8 Å². The van der Waals surface area contributed by atoms with E-state index in [-0.39, 0.29) is 29.9 Å². The number of benzene rings is 2. The van der Waals surface area contributed by atoms with Crippen LogP contribution in [-0.2, 0) is 23.7 Å². The lowest BCUT2D eigenvalue weighted by molar-refractivity contribution is -0.160. The molecule has 2 amide bonds. The van der Waals surface area contributed by atoms with Gasteiger partial charge in [-0.25, -0.2) is 13.8 Å². The summed E-state index contributed by atoms with van der Waals surface area (Å²) >= 11 is 4.48. The molecule has 4 rings (SSSR count). The number of carbonyl (C=O) groups is 2. The maximum atomic E-state index is 15.1. The van der Waals surface area contributed by atoms with E-state index >= 15 is 8.78 Å². The lowest BCUT2D eigenvalue weighted by atomic mass is 10.0. The largest absolute Gasteiger partial charge is 0.352 e. The van der Waals surface area contributed by atoms with E-state index in [0.29, 0.717) is 21.3 Å². The second-order valence-corrected chi connectivity index (χ2v) is 9.86. The molecule has 0 spiro atoms. The Kier molecular flexibility index (Phi) is 6.28. The highest BCUT2D eigenvalue weighted by atomic mass is 79.9. The Labute approximate surface area is 198 Å². The van der Waals surface area contributed by atoms with E-state index < -0.39 is 34.9 Å². The Morgan fingerprint density at radius 1 is 1.15 bits per heavy atom. The van der Waals surface area contributed by atoms with Crippen LogP contribution in [0, 0.1) is 18.6 Å². The number of carbonyl (C=O) groups excluding carboxylic acids is 2. The molecule has 3 aromatic rings. The van der Waals surface area contributed by atoms with E-state index in [1.165, 1.54) is 30.4 Å². The highest BCUT2D eigenvalue weighted by Crippen LogP contribution is 2.36. The number of fused-ring (bicyclic) bond motifs is 1. The molecule has 0 fully saturated rings. The van der Waals surface area contributed by atoms with Gasteiger partial charge in [0.15, 0.2) is 3.92 Å². The van der Waals surface area contributed by atoms with Crippen molar-refractivity contribution < 1.29 is 27.2 Å². The summed E-state index contributed by atoms with van der Waals surface area (Å²) < 4.78 is 58.6. The SMILES string of the molecule is Cc1cc(NC(=O)c2ccc(F)c(C(F)(F)C(=O)N3CCc4nc(Br)sc4C3)c2)ccc1F. The van der Waals surface area contributed by atoms with Gasteiger partial charge in [-0.05, 0) is 64.8 Å². The van der Waals surface area contributed by atoms with Gasteiger partial charge in [-0.1, -0.05) is 0 Å². The fraction of sp³-hybridized carbons (Fsp3) is 0.227. The number of hydrogen-bond acceptors (Lipinski definition) is 4. The molecule has 1 aromatic heterocycles. The van der Waals surface area contributed by atoms with Gasteiger partial charge in [0.05, 0.1) is 17.8 Å². The molecule has 0 saturated heterocycles. The quantitative estimate of drug-likeness (QED) is 0.448. The highest BCUT2D eigenvalue weighted by Gasteiger charge is 2.47. The number of amides is 2. The fourth-order valence-electron chi connectivity index (χ4n) is 3.48. The van der Waals surface area contributed by atoms with Crippen LogP contribution in [-0.4, -0.2) is 28.2 Å². The maximum absolute atomic E-state index is 15.1. The first-order valence-corrected chi connectivity index (χ1v) is 11.4. The Bertz CT molecular complexity index is 1260. The van der Waals surface area contributed by atoms with Gasteiger partial charge in [0.25, 0.3) is 11.8 Å². The van der Waals surface area contributed by atoms with Crippen molar-refractivity contribution in [3.05, 3.63) is 79.2 Å². The molecule has 0 unspecified atom stereocenters. The van der Waals surface area contributed by atoms with Gasteiger partial charge in [0.1, 0.15) is 11.6 Å². The lowest BCUT2D eigenvalue weighted by Crippen LogP contribution is -2.44. The molecule has 172 valence electrons. The predicted octanol–water partition coefficient (Wildman–Crippen LogP) is 5.42. The number of hydrogen-bond donors (Lipinski definition) is 1. The normalized spacial score (nSPS) is 13.6. The number of nitrogens with one attached hydrogen (secondary N) is 1. The lowest BCUT2D eigenvalue weighted by Gasteiger charge is -2.30. The molecule has 1 aliphatic heterocycles. The molecular formula is C22H16BrF4N3O2S. The van der Waals surface area contributed by atoms with E-state index in [2.05, 4.69) is 26.2 Å². The number of aromatic nitrogens is 1. The first-order valence-electron chi connectivity index (χ1n) is 9.75. The number of aryl methyl sites for hydroxylation is 1. The average molecular weight is 542 g/mol. The monoisotopic (exact) mass is 541 g/mol. The van der Waals surface area contributed by atoms with Gasteiger partial charge < -0.3 is 10.2 Å². The van der Waals surface area contributed by atoms with Gasteiger partial charge in [-0.2, -0.15) is 8.78 Å². The molecule has 2 aromatic carbocycles. The number of thiazole rings is 1. The van der Waals surface area contributed by atoms with Crippen molar-refractivity contribution in [1.29, 1.82) is 0 Å². The second-order valence-electron chi connectivity index (χ2n) is 7.50. The fourth-order valence-corrected chi connectivity index (χ4v) is 5.13. The molecule has 33 heavy (non-hydrogen) atoms. The van der Waals surface area contributed by atoms with Crippen LogP contribution in [0.4, 0.5) is 23.2 Å². The standard InChI is InChI=1S/C22H16BrF4N3O2S/c1-11-8-13(3-5-15(11)24)28-19(31)12-2-4-16(25)14(9-12)22(26,27)20(32)30-7-6-17-18(10-30)33-21(23)29-17/h2-5,8-9H,6-7,10H2,1H3,(H,28,31). The van der Waals surface area contributed by atoms with Gasteiger partial charge in [-0.15, -0.1) is 11.3 Å². The van der Waals surface area contributed by atoms with Crippen LogP contribution in [0.2, 0.25) is 0 Å². The van der Waals surface area contributed by atoms with Crippen LogP contribution in [0.3, 0.4) is 0 Å².